The van der Waals surface area contributed by atoms with Crippen LogP contribution in [0.3, 0.4) is 0 Å². The van der Waals surface area contributed by atoms with E-state index in [1.54, 1.807) is 6.69 Å². The van der Waals surface area contributed by atoms with Crippen LogP contribution < -0.4 is 0 Å². The van der Waals surface area contributed by atoms with Crippen molar-refractivity contribution in [2.24, 2.45) is 0 Å². The summed E-state index contributed by atoms with van der Waals surface area (Å²) in [7, 11) is 5.49. The van der Waals surface area contributed by atoms with Gasteiger partial charge in [0, 0.05) is 0 Å². The Morgan fingerprint density at radius 1 is 1.14 bits per heavy atom. The van der Waals surface area contributed by atoms with E-state index in [2.05, 4.69) is 7.37 Å². The van der Waals surface area contributed by atoms with Gasteiger partial charge in [0.25, 0.3) is 0 Å². The Morgan fingerprint density at radius 2 is 1.86 bits per heavy atom. The Labute approximate surface area is 49.3 Å². The maximum absolute atomic E-state index is 3.51. The third-order valence-corrected chi connectivity index (χ3v) is 0.551. The van der Waals surface area contributed by atoms with Crippen molar-refractivity contribution in [3.63, 3.8) is 0 Å². The molecule has 24 valence electrons. The van der Waals surface area contributed by atoms with Gasteiger partial charge >= 0.3 is 48.6 Å². The van der Waals surface area contributed by atoms with Crippen LogP contribution in [-0.2, 0) is 0 Å². The van der Waals surface area contributed by atoms with Gasteiger partial charge < -0.3 is 0 Å². The average molecular weight is 78.7 g/mol. The first kappa shape index (κ1) is 7.45. The fraction of sp³-hybridized carbons (Fsp3) is 0. The molecule has 0 spiro atoms. The van der Waals surface area contributed by atoms with E-state index < -0.39 is 0 Å². The molecule has 0 radical (unpaired) electrons. The third-order valence-electron chi connectivity index (χ3n) is 0.551. The van der Waals surface area contributed by atoms with Crippen LogP contribution >= 0.6 is 0 Å². The van der Waals surface area contributed by atoms with Gasteiger partial charge in [0.15, 0.2) is 0 Å². The predicted molar refractivity (Wildman–Crippen MR) is 44.5 cm³/mol. The Bertz CT molecular complexity index is 86.2. The van der Waals surface area contributed by atoms with E-state index in [1.807, 2.05) is 34.5 Å². The molecule has 0 rings (SSSR count). The van der Waals surface area contributed by atoms with E-state index in [0.29, 0.717) is 0 Å². The molecule has 7 heteroatoms. The summed E-state index contributed by atoms with van der Waals surface area (Å²) in [5.74, 6) is 0. The molecule has 0 aromatic heterocycles. The third kappa shape index (κ3) is 6.45. The van der Waals surface area contributed by atoms with Gasteiger partial charge in [0.05, 0.1) is 0 Å². The van der Waals surface area contributed by atoms with Gasteiger partial charge in [-0.2, -0.15) is 0 Å². The van der Waals surface area contributed by atoms with Crippen LogP contribution in [0.4, 0.5) is 0 Å². The molecule has 0 saturated heterocycles. The van der Waals surface area contributed by atoms with Crippen LogP contribution in [-0.4, -0.2) is 48.6 Å². The predicted octanol–water partition coefficient (Wildman–Crippen LogP) is -3.47. The van der Waals surface area contributed by atoms with Gasteiger partial charge in [-0.3, -0.25) is 0 Å². The van der Waals surface area contributed by atoms with E-state index >= 15 is 0 Å². The number of rotatable bonds is 2. The molecule has 0 aromatic carbocycles. The fourth-order valence-electron chi connectivity index (χ4n) is 0.254. The minimum absolute atomic E-state index is 1.75. The van der Waals surface area contributed by atoms with Crippen LogP contribution in [0, 0.1) is 0 Å². The number of hydrogen-bond acceptors (Lipinski definition) is 0. The van der Waals surface area contributed by atoms with Gasteiger partial charge in [-0.05, 0) is 0 Å². The van der Waals surface area contributed by atoms with Gasteiger partial charge in [-0.15, -0.1) is 0 Å². The Morgan fingerprint density at radius 3 is 2.29 bits per heavy atom. The van der Waals surface area contributed by atoms with Crippen molar-refractivity contribution >= 4 is 48.6 Å². The summed E-state index contributed by atoms with van der Waals surface area (Å²) in [4.78, 5) is 0. The summed E-state index contributed by atoms with van der Waals surface area (Å²) in [6.07, 6.45) is 0. The first-order chi connectivity index (χ1) is 3.41. The molecule has 0 N–H and O–H groups in total. The van der Waals surface area contributed by atoms with E-state index in [1.165, 1.54) is 0 Å². The van der Waals surface area contributed by atoms with Gasteiger partial charge in [-0.1, -0.05) is 0 Å². The van der Waals surface area contributed by atoms with Crippen LogP contribution in [0.1, 0.15) is 0 Å². The quantitative estimate of drug-likeness (QED) is 0.301. The zero-order valence-electron chi connectivity index (χ0n) is 4.59. The summed E-state index contributed by atoms with van der Waals surface area (Å²) in [5, 5.41) is 0. The van der Waals surface area contributed by atoms with Crippen LogP contribution in [0.2, 0.25) is 0 Å². The molecule has 0 aliphatic heterocycles. The second-order valence-electron chi connectivity index (χ2n) is 1.15. The van der Waals surface area contributed by atoms with E-state index in [0.717, 1.165) is 0 Å². The second-order valence-corrected chi connectivity index (χ2v) is 1.15. The second kappa shape index (κ2) is 6.45. The normalized spacial score (nSPS) is 5.57. The first-order valence-corrected chi connectivity index (χ1v) is 2.32. The molecule has 7 heavy (non-hydrogen) atoms. The molecule has 0 atom stereocenters. The summed E-state index contributed by atoms with van der Waals surface area (Å²) < 4.78 is 0. The number of hydrogen-bond donors (Lipinski definition) is 0. The monoisotopic (exact) mass is 80.1 g/mol. The summed E-state index contributed by atoms with van der Waals surface area (Å²) in [6.45, 7) is 9.51. The van der Waals surface area contributed by atoms with Gasteiger partial charge in [0.1, 0.15) is 0 Å². The van der Waals surface area contributed by atoms with Crippen molar-refractivity contribution in [3.8, 4) is 0 Å². The molecule has 0 bridgehead atoms. The summed E-state index contributed by atoms with van der Waals surface area (Å²) >= 11 is 0. The summed E-state index contributed by atoms with van der Waals surface area (Å²) in [6, 6.07) is 0. The molecule has 0 unspecified atom stereocenters. The van der Waals surface area contributed by atoms with E-state index in [9.17, 15) is 0 Å². The molecule has 0 heterocycles. The van der Waals surface area contributed by atoms with Crippen molar-refractivity contribution in [1.82, 2.24) is 0 Å². The van der Waals surface area contributed by atoms with Gasteiger partial charge in [-0.25, -0.2) is 0 Å². The Balaban J connectivity index is 3.27. The van der Waals surface area contributed by atoms with Crippen molar-refractivity contribution < 1.29 is 0 Å². The van der Waals surface area contributed by atoms with Crippen molar-refractivity contribution in [2.75, 3.05) is 0 Å². The zero-order chi connectivity index (χ0) is 5.54. The Hall–Kier alpha value is 0.455. The standard InChI is InChI=1S/B7H3/c1-3-5-7-6-4-2/h1H,2H2. The molecule has 0 fully saturated rings. The Kier molecular flexibility index (Phi) is 6.87. The minimum atomic E-state index is 1.75. The molecule has 0 amide bonds. The molecular weight excluding hydrogens is 75.7 g/mol. The molecule has 0 aliphatic carbocycles. The molecular formula is H3B7. The van der Waals surface area contributed by atoms with Crippen molar-refractivity contribution in [3.05, 3.63) is 0 Å². The van der Waals surface area contributed by atoms with E-state index in [4.69, 9.17) is 0 Å². The molecule has 0 aromatic rings. The summed E-state index contributed by atoms with van der Waals surface area (Å²) in [5.41, 5.74) is 0. The maximum atomic E-state index is 3.51. The van der Waals surface area contributed by atoms with Crippen LogP contribution in [0.5, 0.6) is 0 Å². The topological polar surface area (TPSA) is 0 Å². The van der Waals surface area contributed by atoms with Crippen molar-refractivity contribution in [1.29, 1.82) is 0 Å². The first-order valence-electron chi connectivity index (χ1n) is 2.32. The van der Waals surface area contributed by atoms with Crippen LogP contribution in [0.15, 0.2) is 0 Å². The SMILES string of the molecule is B=B/B=B\B=B/B. The van der Waals surface area contributed by atoms with Crippen LogP contribution in [0.25, 0.3) is 0 Å². The molecule has 0 nitrogen and oxygen atoms in total. The fourth-order valence-corrected chi connectivity index (χ4v) is 0.254. The average Bonchev–Trinajstić information content (AvgIpc) is 1.69. The zero-order valence-corrected chi connectivity index (χ0v) is 4.59. The van der Waals surface area contributed by atoms with Gasteiger partial charge in [0.2, 0.25) is 0 Å². The molecule has 0 aliphatic rings. The molecule has 0 saturated carbocycles. The van der Waals surface area contributed by atoms with Crippen molar-refractivity contribution in [2.45, 2.75) is 0 Å². The van der Waals surface area contributed by atoms with E-state index in [-0.39, 0.29) is 0 Å².